The number of methoxy groups -OCH3 is 1. The Bertz CT molecular complexity index is 610. The Hall–Kier alpha value is -1.96. The summed E-state index contributed by atoms with van der Waals surface area (Å²) in [5.41, 5.74) is -0.705. The van der Waals surface area contributed by atoms with E-state index in [2.05, 4.69) is 14.7 Å². The number of carbonyl (C=O) groups is 1. The minimum atomic E-state index is -4.44. The molecule has 2 aromatic heterocycles. The van der Waals surface area contributed by atoms with E-state index in [9.17, 15) is 18.0 Å². The maximum atomic E-state index is 12.6. The van der Waals surface area contributed by atoms with Gasteiger partial charge in [0.15, 0.2) is 5.69 Å². The van der Waals surface area contributed by atoms with Crippen molar-refractivity contribution in [2.45, 2.75) is 6.18 Å². The lowest BCUT2D eigenvalue weighted by Gasteiger charge is -2.06. The molecule has 0 aliphatic heterocycles. The second-order valence-electron chi connectivity index (χ2n) is 3.46. The third-order valence-electron chi connectivity index (χ3n) is 2.21. The van der Waals surface area contributed by atoms with Crippen molar-refractivity contribution >= 4 is 17.3 Å². The van der Waals surface area contributed by atoms with E-state index in [1.807, 2.05) is 0 Å². The number of aromatic nitrogens is 2. The van der Waals surface area contributed by atoms with Crippen molar-refractivity contribution in [3.63, 3.8) is 0 Å². The number of alkyl halides is 3. The summed E-state index contributed by atoms with van der Waals surface area (Å²) in [5.74, 6) is -0.644. The van der Waals surface area contributed by atoms with Gasteiger partial charge in [0.25, 0.3) is 0 Å². The van der Waals surface area contributed by atoms with E-state index in [0.29, 0.717) is 0 Å². The van der Waals surface area contributed by atoms with Crippen LogP contribution in [0.5, 0.6) is 0 Å². The largest absolute Gasteiger partial charge is 0.464 e. The molecule has 4 nitrogen and oxygen atoms in total. The van der Waals surface area contributed by atoms with E-state index in [-0.39, 0.29) is 16.4 Å². The summed E-state index contributed by atoms with van der Waals surface area (Å²) in [6.07, 6.45) is -3.39. The Labute approximate surface area is 109 Å². The lowest BCUT2D eigenvalue weighted by atomic mass is 10.2. The van der Waals surface area contributed by atoms with Gasteiger partial charge in [-0.2, -0.15) is 13.2 Å². The first-order valence-corrected chi connectivity index (χ1v) is 5.87. The highest BCUT2D eigenvalue weighted by Crippen LogP contribution is 2.31. The molecule has 2 heterocycles. The van der Waals surface area contributed by atoms with Crippen LogP contribution in [-0.2, 0) is 10.9 Å². The maximum absolute atomic E-state index is 12.6. The summed E-state index contributed by atoms with van der Waals surface area (Å²) in [4.78, 5) is 18.9. The predicted molar refractivity (Wildman–Crippen MR) is 61.7 cm³/mol. The zero-order valence-electron chi connectivity index (χ0n) is 9.56. The van der Waals surface area contributed by atoms with Gasteiger partial charge in [-0.25, -0.2) is 9.78 Å². The predicted octanol–water partition coefficient (Wildman–Crippen LogP) is 3.01. The van der Waals surface area contributed by atoms with Gasteiger partial charge in [0.1, 0.15) is 5.01 Å². The molecule has 0 fully saturated rings. The minimum absolute atomic E-state index is 0.0433. The Kier molecular flexibility index (Phi) is 3.52. The van der Waals surface area contributed by atoms with Crippen LogP contribution in [0.25, 0.3) is 10.7 Å². The SMILES string of the molecule is COC(=O)c1csc(-c2cc(C(F)(F)F)ccn2)n1. The lowest BCUT2D eigenvalue weighted by molar-refractivity contribution is -0.137. The van der Waals surface area contributed by atoms with Crippen LogP contribution in [0.15, 0.2) is 23.7 Å². The van der Waals surface area contributed by atoms with Crippen LogP contribution in [0, 0.1) is 0 Å². The van der Waals surface area contributed by atoms with Crippen LogP contribution < -0.4 is 0 Å². The highest BCUT2D eigenvalue weighted by molar-refractivity contribution is 7.13. The van der Waals surface area contributed by atoms with Crippen LogP contribution in [0.4, 0.5) is 13.2 Å². The molecule has 2 aromatic rings. The fourth-order valence-corrected chi connectivity index (χ4v) is 2.07. The van der Waals surface area contributed by atoms with Crippen molar-refractivity contribution in [2.24, 2.45) is 0 Å². The first-order valence-electron chi connectivity index (χ1n) is 4.99. The second kappa shape index (κ2) is 4.96. The summed E-state index contributed by atoms with van der Waals surface area (Å²) in [7, 11) is 1.20. The normalized spacial score (nSPS) is 11.4. The van der Waals surface area contributed by atoms with Gasteiger partial charge in [-0.1, -0.05) is 0 Å². The van der Waals surface area contributed by atoms with Gasteiger partial charge < -0.3 is 4.74 Å². The third-order valence-corrected chi connectivity index (χ3v) is 3.07. The number of carbonyl (C=O) groups excluding carboxylic acids is 1. The quantitative estimate of drug-likeness (QED) is 0.797. The van der Waals surface area contributed by atoms with E-state index < -0.39 is 17.7 Å². The molecule has 0 saturated heterocycles. The Morgan fingerprint density at radius 2 is 2.16 bits per heavy atom. The van der Waals surface area contributed by atoms with Crippen molar-refractivity contribution in [3.05, 3.63) is 35.0 Å². The number of ether oxygens (including phenoxy) is 1. The van der Waals surface area contributed by atoms with Crippen molar-refractivity contribution < 1.29 is 22.7 Å². The molecule has 0 atom stereocenters. The molecule has 0 aromatic carbocycles. The van der Waals surface area contributed by atoms with E-state index in [1.54, 1.807) is 0 Å². The fourth-order valence-electron chi connectivity index (χ4n) is 1.31. The summed E-state index contributed by atoms with van der Waals surface area (Å²) in [6, 6.07) is 1.76. The molecule has 0 amide bonds. The van der Waals surface area contributed by atoms with Gasteiger partial charge in [0.05, 0.1) is 18.4 Å². The molecular weight excluding hydrogens is 281 g/mol. The van der Waals surface area contributed by atoms with Crippen molar-refractivity contribution in [3.8, 4) is 10.7 Å². The molecule has 0 aliphatic carbocycles. The molecule has 0 aliphatic rings. The van der Waals surface area contributed by atoms with E-state index in [0.717, 1.165) is 29.7 Å². The number of esters is 1. The van der Waals surface area contributed by atoms with E-state index in [4.69, 9.17) is 0 Å². The van der Waals surface area contributed by atoms with Crippen molar-refractivity contribution in [1.29, 1.82) is 0 Å². The molecule has 19 heavy (non-hydrogen) atoms. The standard InChI is InChI=1S/C11H7F3N2O2S/c1-18-10(17)8-5-19-9(16-8)7-4-6(2-3-15-7)11(12,13)14/h2-5H,1H3. The monoisotopic (exact) mass is 288 g/mol. The molecule has 0 bridgehead atoms. The average Bonchev–Trinajstić information content (AvgIpc) is 2.86. The molecule has 100 valence electrons. The number of halogens is 3. The summed E-state index contributed by atoms with van der Waals surface area (Å²) < 4.78 is 42.1. The zero-order chi connectivity index (χ0) is 14.0. The smallest absolute Gasteiger partial charge is 0.416 e. The van der Waals surface area contributed by atoms with Gasteiger partial charge >= 0.3 is 12.1 Å². The maximum Gasteiger partial charge on any atom is 0.416 e. The number of hydrogen-bond donors (Lipinski definition) is 0. The van der Waals surface area contributed by atoms with Crippen molar-refractivity contribution in [2.75, 3.05) is 7.11 Å². The molecule has 0 N–H and O–H groups in total. The van der Waals surface area contributed by atoms with Crippen LogP contribution in [0.2, 0.25) is 0 Å². The van der Waals surface area contributed by atoms with Crippen LogP contribution in [0.1, 0.15) is 16.1 Å². The van der Waals surface area contributed by atoms with E-state index in [1.165, 1.54) is 12.5 Å². The first-order chi connectivity index (χ1) is 8.91. The lowest BCUT2D eigenvalue weighted by Crippen LogP contribution is -2.05. The number of nitrogens with zero attached hydrogens (tertiary/aromatic N) is 2. The zero-order valence-corrected chi connectivity index (χ0v) is 10.4. The average molecular weight is 288 g/mol. The highest BCUT2D eigenvalue weighted by atomic mass is 32.1. The minimum Gasteiger partial charge on any atom is -0.464 e. The number of pyridine rings is 1. The number of rotatable bonds is 2. The topological polar surface area (TPSA) is 52.1 Å². The number of hydrogen-bond acceptors (Lipinski definition) is 5. The first kappa shape index (κ1) is 13.5. The summed E-state index contributed by atoms with van der Waals surface area (Å²) in [5, 5.41) is 1.63. The third kappa shape index (κ3) is 2.90. The van der Waals surface area contributed by atoms with Gasteiger partial charge in [0, 0.05) is 11.6 Å². The van der Waals surface area contributed by atoms with Gasteiger partial charge in [0.2, 0.25) is 0 Å². The van der Waals surface area contributed by atoms with Crippen LogP contribution in [0.3, 0.4) is 0 Å². The van der Waals surface area contributed by atoms with Crippen LogP contribution in [-0.4, -0.2) is 23.0 Å². The summed E-state index contributed by atoms with van der Waals surface area (Å²) in [6.45, 7) is 0. The van der Waals surface area contributed by atoms with E-state index >= 15 is 0 Å². The summed E-state index contributed by atoms with van der Waals surface area (Å²) >= 11 is 1.02. The molecule has 0 unspecified atom stereocenters. The second-order valence-corrected chi connectivity index (χ2v) is 4.32. The Balaban J connectivity index is 2.37. The van der Waals surface area contributed by atoms with Crippen LogP contribution >= 0.6 is 11.3 Å². The molecule has 0 radical (unpaired) electrons. The fraction of sp³-hybridized carbons (Fsp3) is 0.182. The molecular formula is C11H7F3N2O2S. The van der Waals surface area contributed by atoms with Crippen molar-refractivity contribution in [1.82, 2.24) is 9.97 Å². The highest BCUT2D eigenvalue weighted by Gasteiger charge is 2.31. The van der Waals surface area contributed by atoms with Gasteiger partial charge in [-0.15, -0.1) is 11.3 Å². The molecule has 2 rings (SSSR count). The van der Waals surface area contributed by atoms with Gasteiger partial charge in [-0.3, -0.25) is 4.98 Å². The molecule has 8 heteroatoms. The Morgan fingerprint density at radius 1 is 1.42 bits per heavy atom. The Morgan fingerprint density at radius 3 is 2.79 bits per heavy atom. The number of thiazole rings is 1. The molecule has 0 saturated carbocycles. The van der Waals surface area contributed by atoms with Gasteiger partial charge in [-0.05, 0) is 12.1 Å². The molecule has 0 spiro atoms.